The first kappa shape index (κ1) is 16.8. The second-order valence-electron chi connectivity index (χ2n) is 3.98. The summed E-state index contributed by atoms with van der Waals surface area (Å²) in [5.74, 6) is 0.934. The van der Waals surface area contributed by atoms with Crippen LogP contribution in [0, 0.1) is 0 Å². The zero-order valence-electron chi connectivity index (χ0n) is 12.2. The zero-order chi connectivity index (χ0) is 15.1. The van der Waals surface area contributed by atoms with Crippen LogP contribution in [0.5, 0.6) is 0 Å². The predicted octanol–water partition coefficient (Wildman–Crippen LogP) is 2.65. The normalized spacial score (nSPS) is 10.5. The monoisotopic (exact) mass is 317 g/mol. The molecule has 0 unspecified atom stereocenters. The molecule has 0 saturated heterocycles. The lowest BCUT2D eigenvalue weighted by Gasteiger charge is -2.18. The summed E-state index contributed by atoms with van der Waals surface area (Å²) in [6.07, 6.45) is 1.89. The summed E-state index contributed by atoms with van der Waals surface area (Å²) in [5, 5.41) is 3.33. The molecule has 0 aromatic carbocycles. The van der Waals surface area contributed by atoms with Gasteiger partial charge in [-0.05, 0) is 27.0 Å². The average molecular weight is 317 g/mol. The standard InChI is InChI=1S/C11H19N5O2S2/c1-6-16(20-11(17)18-4)9-13-8(12-7(2)3)14-10(15-9)19-5/h7H,6H2,1-5H3,(H,12,13,14,15). The van der Waals surface area contributed by atoms with E-state index in [9.17, 15) is 4.79 Å². The highest BCUT2D eigenvalue weighted by atomic mass is 32.2. The summed E-state index contributed by atoms with van der Waals surface area (Å²) < 4.78 is 6.31. The van der Waals surface area contributed by atoms with Crippen LogP contribution in [0.3, 0.4) is 0 Å². The minimum absolute atomic E-state index is 0.211. The third-order valence-corrected chi connectivity index (χ3v) is 3.57. The Kier molecular flexibility index (Phi) is 6.86. The molecule has 0 aliphatic carbocycles. The van der Waals surface area contributed by atoms with Crippen LogP contribution in [0.15, 0.2) is 5.16 Å². The van der Waals surface area contributed by atoms with E-state index in [1.807, 2.05) is 27.0 Å². The second-order valence-corrected chi connectivity index (χ2v) is 5.71. The van der Waals surface area contributed by atoms with Crippen molar-refractivity contribution >= 4 is 40.9 Å². The zero-order valence-corrected chi connectivity index (χ0v) is 13.8. The summed E-state index contributed by atoms with van der Waals surface area (Å²) in [4.78, 5) is 24.3. The molecule has 0 bridgehead atoms. The molecular weight excluding hydrogens is 298 g/mol. The number of carbonyl (C=O) groups excluding carboxylic acids is 1. The topological polar surface area (TPSA) is 80.2 Å². The molecule has 0 fully saturated rings. The number of ether oxygens (including phenoxy) is 1. The van der Waals surface area contributed by atoms with Gasteiger partial charge in [-0.25, -0.2) is 4.79 Å². The summed E-state index contributed by atoms with van der Waals surface area (Å²) >= 11 is 2.35. The van der Waals surface area contributed by atoms with Gasteiger partial charge in [0.2, 0.25) is 11.9 Å². The van der Waals surface area contributed by atoms with Crippen molar-refractivity contribution in [3.05, 3.63) is 0 Å². The van der Waals surface area contributed by atoms with E-state index in [0.717, 1.165) is 11.9 Å². The van der Waals surface area contributed by atoms with Crippen molar-refractivity contribution in [2.75, 3.05) is 29.5 Å². The van der Waals surface area contributed by atoms with Crippen LogP contribution in [-0.2, 0) is 4.74 Å². The highest BCUT2D eigenvalue weighted by molar-refractivity contribution is 8.14. The van der Waals surface area contributed by atoms with Gasteiger partial charge in [-0.2, -0.15) is 15.0 Å². The van der Waals surface area contributed by atoms with Gasteiger partial charge < -0.3 is 10.1 Å². The van der Waals surface area contributed by atoms with Crippen molar-refractivity contribution in [2.24, 2.45) is 0 Å². The Hall–Kier alpha value is -1.22. The fourth-order valence-corrected chi connectivity index (χ4v) is 2.14. The molecule has 0 amide bonds. The maximum Gasteiger partial charge on any atom is 0.388 e. The minimum Gasteiger partial charge on any atom is -0.460 e. The number of hydrogen-bond donors (Lipinski definition) is 1. The van der Waals surface area contributed by atoms with E-state index >= 15 is 0 Å². The van der Waals surface area contributed by atoms with Crippen molar-refractivity contribution in [3.8, 4) is 0 Å². The van der Waals surface area contributed by atoms with Crippen LogP contribution in [0.1, 0.15) is 20.8 Å². The van der Waals surface area contributed by atoms with E-state index in [2.05, 4.69) is 25.0 Å². The number of nitrogens with zero attached hydrogens (tertiary/aromatic N) is 4. The molecule has 1 heterocycles. The lowest BCUT2D eigenvalue weighted by molar-refractivity contribution is 0.200. The molecule has 0 aliphatic heterocycles. The van der Waals surface area contributed by atoms with Crippen LogP contribution < -0.4 is 9.62 Å². The SMILES string of the molecule is CCN(SC(=O)OC)c1nc(NC(C)C)nc(SC)n1. The molecule has 20 heavy (non-hydrogen) atoms. The van der Waals surface area contributed by atoms with Gasteiger partial charge in [-0.15, -0.1) is 0 Å². The predicted molar refractivity (Wildman–Crippen MR) is 83.4 cm³/mol. The number of nitrogens with one attached hydrogen (secondary N) is 1. The molecule has 1 N–H and O–H groups in total. The quantitative estimate of drug-likeness (QED) is 0.483. The van der Waals surface area contributed by atoms with Crippen molar-refractivity contribution in [2.45, 2.75) is 32.0 Å². The van der Waals surface area contributed by atoms with Gasteiger partial charge in [0.05, 0.1) is 19.1 Å². The molecule has 9 heteroatoms. The summed E-state index contributed by atoms with van der Waals surface area (Å²) in [7, 11) is 1.34. The first-order valence-electron chi connectivity index (χ1n) is 6.10. The van der Waals surface area contributed by atoms with E-state index in [1.54, 1.807) is 4.31 Å². The molecule has 0 saturated carbocycles. The van der Waals surface area contributed by atoms with E-state index in [0.29, 0.717) is 23.6 Å². The number of carbonyl (C=O) groups is 1. The number of hydrogen-bond acceptors (Lipinski definition) is 9. The Bertz CT molecular complexity index is 458. The van der Waals surface area contributed by atoms with E-state index < -0.39 is 5.30 Å². The number of methoxy groups -OCH3 is 1. The number of rotatable bonds is 6. The van der Waals surface area contributed by atoms with Crippen molar-refractivity contribution in [1.82, 2.24) is 15.0 Å². The Morgan fingerprint density at radius 1 is 1.40 bits per heavy atom. The van der Waals surface area contributed by atoms with E-state index in [-0.39, 0.29) is 6.04 Å². The summed E-state index contributed by atoms with van der Waals surface area (Å²) in [5.41, 5.74) is 0. The van der Waals surface area contributed by atoms with Gasteiger partial charge >= 0.3 is 5.30 Å². The van der Waals surface area contributed by atoms with Crippen LogP contribution >= 0.6 is 23.7 Å². The average Bonchev–Trinajstić information content (AvgIpc) is 2.43. The molecule has 112 valence electrons. The van der Waals surface area contributed by atoms with Crippen molar-refractivity contribution in [3.63, 3.8) is 0 Å². The van der Waals surface area contributed by atoms with E-state index in [4.69, 9.17) is 0 Å². The fraction of sp³-hybridized carbons (Fsp3) is 0.636. The molecule has 1 rings (SSSR count). The molecule has 0 aliphatic rings. The molecular formula is C11H19N5O2S2. The van der Waals surface area contributed by atoms with Crippen molar-refractivity contribution < 1.29 is 9.53 Å². The third-order valence-electron chi connectivity index (χ3n) is 2.07. The molecule has 0 atom stereocenters. The van der Waals surface area contributed by atoms with Gasteiger partial charge in [0.15, 0.2) is 5.16 Å². The van der Waals surface area contributed by atoms with Crippen LogP contribution in [-0.4, -0.2) is 46.2 Å². The van der Waals surface area contributed by atoms with Crippen LogP contribution in [0.2, 0.25) is 0 Å². The van der Waals surface area contributed by atoms with E-state index in [1.165, 1.54) is 18.9 Å². The molecule has 0 radical (unpaired) electrons. The lowest BCUT2D eigenvalue weighted by Crippen LogP contribution is -2.21. The smallest absolute Gasteiger partial charge is 0.388 e. The van der Waals surface area contributed by atoms with Gasteiger partial charge in [0.1, 0.15) is 0 Å². The molecule has 1 aromatic heterocycles. The summed E-state index contributed by atoms with van der Waals surface area (Å²) in [6, 6.07) is 0.211. The van der Waals surface area contributed by atoms with Gasteiger partial charge in [-0.3, -0.25) is 4.31 Å². The Labute approximate surface area is 127 Å². The minimum atomic E-state index is -0.406. The van der Waals surface area contributed by atoms with Gasteiger partial charge in [0.25, 0.3) is 0 Å². The highest BCUT2D eigenvalue weighted by Gasteiger charge is 2.17. The highest BCUT2D eigenvalue weighted by Crippen LogP contribution is 2.23. The molecule has 7 nitrogen and oxygen atoms in total. The largest absolute Gasteiger partial charge is 0.460 e. The van der Waals surface area contributed by atoms with Crippen LogP contribution in [0.4, 0.5) is 16.7 Å². The van der Waals surface area contributed by atoms with Crippen LogP contribution in [0.25, 0.3) is 0 Å². The fourth-order valence-electron chi connectivity index (χ4n) is 1.25. The van der Waals surface area contributed by atoms with Gasteiger partial charge in [0, 0.05) is 12.6 Å². The van der Waals surface area contributed by atoms with Gasteiger partial charge in [-0.1, -0.05) is 11.8 Å². The lowest BCUT2D eigenvalue weighted by atomic mass is 10.4. The number of thioether (sulfide) groups is 1. The Morgan fingerprint density at radius 3 is 2.60 bits per heavy atom. The Balaban J connectivity index is 3.03. The first-order chi connectivity index (χ1) is 9.49. The van der Waals surface area contributed by atoms with Crippen molar-refractivity contribution in [1.29, 1.82) is 0 Å². The number of anilines is 2. The molecule has 0 spiro atoms. The Morgan fingerprint density at radius 2 is 2.10 bits per heavy atom. The molecule has 1 aromatic rings. The number of aromatic nitrogens is 3. The maximum atomic E-state index is 11.4. The third kappa shape index (κ3) is 5.04. The maximum absolute atomic E-state index is 11.4. The summed E-state index contributed by atoms with van der Waals surface area (Å²) in [6.45, 7) is 6.48. The first-order valence-corrected chi connectivity index (χ1v) is 8.10. The second kappa shape index (κ2) is 8.15.